The Balaban J connectivity index is 2.00. The van der Waals surface area contributed by atoms with Crippen molar-refractivity contribution < 1.29 is 9.53 Å². The number of ketones is 1. The third-order valence-electron chi connectivity index (χ3n) is 3.47. The van der Waals surface area contributed by atoms with Gasteiger partial charge in [-0.3, -0.25) is 4.79 Å². The van der Waals surface area contributed by atoms with Crippen molar-refractivity contribution in [1.82, 2.24) is 0 Å². The number of hydrogen-bond donors (Lipinski definition) is 0. The van der Waals surface area contributed by atoms with Crippen LogP contribution >= 0.6 is 31.9 Å². The normalized spacial score (nSPS) is 17.2. The van der Waals surface area contributed by atoms with Crippen molar-refractivity contribution in [2.75, 3.05) is 6.61 Å². The minimum Gasteiger partial charge on any atom is -0.493 e. The van der Waals surface area contributed by atoms with Crippen LogP contribution < -0.4 is 4.74 Å². The Morgan fingerprint density at radius 1 is 1.15 bits per heavy atom. The van der Waals surface area contributed by atoms with E-state index in [1.807, 2.05) is 42.5 Å². The van der Waals surface area contributed by atoms with Gasteiger partial charge in [0.2, 0.25) is 0 Å². The summed E-state index contributed by atoms with van der Waals surface area (Å²) in [5.74, 6) is 0.836. The minimum absolute atomic E-state index is 0.127. The van der Waals surface area contributed by atoms with E-state index in [4.69, 9.17) is 4.74 Å². The van der Waals surface area contributed by atoms with Crippen LogP contribution in [-0.4, -0.2) is 12.4 Å². The highest BCUT2D eigenvalue weighted by atomic mass is 79.9. The predicted octanol–water partition coefficient (Wildman–Crippen LogP) is 4.96. The minimum atomic E-state index is -0.127. The molecule has 2 aromatic carbocycles. The fourth-order valence-corrected chi connectivity index (χ4v) is 3.73. The molecule has 0 radical (unpaired) electrons. The maximum Gasteiger partial charge on any atom is 0.171 e. The molecule has 0 spiro atoms. The second-order valence-electron chi connectivity index (χ2n) is 4.72. The molecule has 0 saturated heterocycles. The van der Waals surface area contributed by atoms with Crippen LogP contribution in [0.2, 0.25) is 0 Å². The number of carbonyl (C=O) groups excluding carboxylic acids is 1. The Morgan fingerprint density at radius 3 is 2.75 bits per heavy atom. The Labute approximate surface area is 134 Å². The Hall–Kier alpha value is -1.13. The zero-order valence-electron chi connectivity index (χ0n) is 10.6. The van der Waals surface area contributed by atoms with Gasteiger partial charge in [-0.2, -0.15) is 0 Å². The zero-order valence-corrected chi connectivity index (χ0v) is 13.8. The van der Waals surface area contributed by atoms with E-state index in [0.717, 1.165) is 32.2 Å². The average Bonchev–Trinajstić information content (AvgIpc) is 2.46. The fraction of sp³-hybridized carbons (Fsp3) is 0.188. The zero-order chi connectivity index (χ0) is 14.1. The van der Waals surface area contributed by atoms with Gasteiger partial charge in [-0.15, -0.1) is 0 Å². The van der Waals surface area contributed by atoms with E-state index >= 15 is 0 Å². The summed E-state index contributed by atoms with van der Waals surface area (Å²) in [6.45, 7) is 0.585. The number of halogens is 2. The van der Waals surface area contributed by atoms with Gasteiger partial charge in [-0.25, -0.2) is 0 Å². The lowest BCUT2D eigenvalue weighted by molar-refractivity contribution is 0.0932. The van der Waals surface area contributed by atoms with E-state index < -0.39 is 0 Å². The number of ether oxygens (including phenoxy) is 1. The van der Waals surface area contributed by atoms with Crippen molar-refractivity contribution in [3.8, 4) is 5.75 Å². The molecule has 0 amide bonds. The summed E-state index contributed by atoms with van der Waals surface area (Å²) in [4.78, 5) is 12.8. The quantitative estimate of drug-likeness (QED) is 0.671. The molecule has 1 unspecified atom stereocenters. The smallest absolute Gasteiger partial charge is 0.171 e. The van der Waals surface area contributed by atoms with Crippen molar-refractivity contribution in [2.24, 2.45) is 0 Å². The maximum atomic E-state index is 12.8. The summed E-state index contributed by atoms with van der Waals surface area (Å²) in [7, 11) is 0. The molecule has 102 valence electrons. The average molecular weight is 396 g/mol. The van der Waals surface area contributed by atoms with E-state index in [0.29, 0.717) is 6.61 Å². The maximum absolute atomic E-state index is 12.8. The first-order valence-corrected chi connectivity index (χ1v) is 7.96. The molecule has 3 rings (SSSR count). The van der Waals surface area contributed by atoms with Crippen LogP contribution in [0.25, 0.3) is 0 Å². The van der Waals surface area contributed by atoms with Crippen LogP contribution in [0.4, 0.5) is 0 Å². The second kappa shape index (κ2) is 5.70. The number of carbonyl (C=O) groups is 1. The summed E-state index contributed by atoms with van der Waals surface area (Å²) in [6.07, 6.45) is 0.721. The number of fused-ring (bicyclic) bond motifs is 1. The molecule has 1 atom stereocenters. The summed E-state index contributed by atoms with van der Waals surface area (Å²) in [5.41, 5.74) is 1.70. The number of para-hydroxylation sites is 1. The van der Waals surface area contributed by atoms with Gasteiger partial charge in [0.15, 0.2) is 5.78 Å². The van der Waals surface area contributed by atoms with Crippen LogP contribution in [0.15, 0.2) is 51.4 Å². The molecule has 0 aliphatic carbocycles. The van der Waals surface area contributed by atoms with Crippen molar-refractivity contribution in [1.29, 1.82) is 0 Å². The first kappa shape index (κ1) is 13.8. The molecule has 2 nitrogen and oxygen atoms in total. The highest BCUT2D eigenvalue weighted by molar-refractivity contribution is 9.11. The molecule has 20 heavy (non-hydrogen) atoms. The SMILES string of the molecule is O=C(c1ccc(Br)cc1Br)C1CCOc2ccccc21. The van der Waals surface area contributed by atoms with Crippen LogP contribution in [0.1, 0.15) is 28.3 Å². The Morgan fingerprint density at radius 2 is 1.95 bits per heavy atom. The van der Waals surface area contributed by atoms with Crippen LogP contribution in [-0.2, 0) is 0 Å². The van der Waals surface area contributed by atoms with Crippen molar-refractivity contribution in [3.63, 3.8) is 0 Å². The molecule has 2 aromatic rings. The number of rotatable bonds is 2. The lowest BCUT2D eigenvalue weighted by Crippen LogP contribution is -2.21. The number of hydrogen-bond acceptors (Lipinski definition) is 2. The first-order chi connectivity index (χ1) is 9.66. The van der Waals surface area contributed by atoms with Crippen LogP contribution in [0.5, 0.6) is 5.75 Å². The molecule has 0 N–H and O–H groups in total. The highest BCUT2D eigenvalue weighted by Gasteiger charge is 2.29. The van der Waals surface area contributed by atoms with Gasteiger partial charge in [0.25, 0.3) is 0 Å². The van der Waals surface area contributed by atoms with Gasteiger partial charge in [0, 0.05) is 20.1 Å². The fourth-order valence-electron chi connectivity index (χ4n) is 2.49. The molecular weight excluding hydrogens is 384 g/mol. The molecule has 0 fully saturated rings. The van der Waals surface area contributed by atoms with E-state index in [9.17, 15) is 4.79 Å². The van der Waals surface area contributed by atoms with Gasteiger partial charge in [-0.1, -0.05) is 50.1 Å². The lowest BCUT2D eigenvalue weighted by Gasteiger charge is -2.25. The molecule has 1 heterocycles. The second-order valence-corrected chi connectivity index (χ2v) is 6.49. The predicted molar refractivity (Wildman–Crippen MR) is 85.5 cm³/mol. The summed E-state index contributed by atoms with van der Waals surface area (Å²) >= 11 is 6.88. The Kier molecular flexibility index (Phi) is 3.94. The molecule has 0 saturated carbocycles. The van der Waals surface area contributed by atoms with E-state index in [1.165, 1.54) is 0 Å². The summed E-state index contributed by atoms with van der Waals surface area (Å²) in [6, 6.07) is 13.4. The Bertz CT molecular complexity index is 667. The largest absolute Gasteiger partial charge is 0.493 e. The molecule has 0 aromatic heterocycles. The third kappa shape index (κ3) is 2.54. The van der Waals surface area contributed by atoms with Gasteiger partial charge in [-0.05, 0) is 30.7 Å². The van der Waals surface area contributed by atoms with E-state index in [1.54, 1.807) is 0 Å². The summed E-state index contributed by atoms with van der Waals surface area (Å²) < 4.78 is 7.39. The third-order valence-corrected chi connectivity index (χ3v) is 4.62. The molecular formula is C16H12Br2O2. The van der Waals surface area contributed by atoms with Gasteiger partial charge in [0.05, 0.1) is 12.5 Å². The van der Waals surface area contributed by atoms with Crippen molar-refractivity contribution in [2.45, 2.75) is 12.3 Å². The monoisotopic (exact) mass is 394 g/mol. The molecule has 0 bridgehead atoms. The molecule has 4 heteroatoms. The molecule has 1 aliphatic heterocycles. The molecule has 1 aliphatic rings. The van der Waals surface area contributed by atoms with Gasteiger partial charge >= 0.3 is 0 Å². The van der Waals surface area contributed by atoms with E-state index in [2.05, 4.69) is 31.9 Å². The van der Waals surface area contributed by atoms with Gasteiger partial charge < -0.3 is 4.74 Å². The summed E-state index contributed by atoms with van der Waals surface area (Å²) in [5, 5.41) is 0. The number of benzene rings is 2. The van der Waals surface area contributed by atoms with E-state index in [-0.39, 0.29) is 11.7 Å². The lowest BCUT2D eigenvalue weighted by atomic mass is 9.86. The highest BCUT2D eigenvalue weighted by Crippen LogP contribution is 2.37. The number of Topliss-reactive ketones (excluding diaryl/α,β-unsaturated/α-hetero) is 1. The van der Waals surface area contributed by atoms with Crippen LogP contribution in [0, 0.1) is 0 Å². The van der Waals surface area contributed by atoms with Crippen LogP contribution in [0.3, 0.4) is 0 Å². The van der Waals surface area contributed by atoms with Gasteiger partial charge in [0.1, 0.15) is 5.75 Å². The topological polar surface area (TPSA) is 26.3 Å². The van der Waals surface area contributed by atoms with Crippen molar-refractivity contribution in [3.05, 3.63) is 62.5 Å². The standard InChI is InChI=1S/C16H12Br2O2/c17-10-5-6-13(14(18)9-10)16(19)12-7-8-20-15-4-2-1-3-11(12)15/h1-6,9,12H,7-8H2. The van der Waals surface area contributed by atoms with Crippen molar-refractivity contribution >= 4 is 37.6 Å². The first-order valence-electron chi connectivity index (χ1n) is 6.38.